The van der Waals surface area contributed by atoms with E-state index in [0.29, 0.717) is 99.8 Å². The molecule has 0 aliphatic carbocycles. The van der Waals surface area contributed by atoms with Crippen LogP contribution < -0.4 is 0 Å². The van der Waals surface area contributed by atoms with Gasteiger partial charge in [0.25, 0.3) is 0 Å². The molecule has 0 aliphatic rings. The van der Waals surface area contributed by atoms with Gasteiger partial charge in [0.15, 0.2) is 17.5 Å². The molecule has 3 aromatic heterocycles. The first-order chi connectivity index (χ1) is 36.1. The first kappa shape index (κ1) is 44.5. The molecule has 3 heterocycles. The van der Waals surface area contributed by atoms with Gasteiger partial charge in [-0.2, -0.15) is 34.2 Å². The first-order valence-electron chi connectivity index (χ1n) is 23.2. The summed E-state index contributed by atoms with van der Waals surface area (Å²) in [7, 11) is 0. The lowest BCUT2D eigenvalue weighted by Gasteiger charge is -2.23. The molecule has 0 bridgehead atoms. The lowest BCUT2D eigenvalue weighted by molar-refractivity contribution is -0.137. The van der Waals surface area contributed by atoms with Crippen molar-refractivity contribution >= 4 is 43.6 Å². The Morgan fingerprint density at radius 2 is 0.743 bits per heavy atom. The van der Waals surface area contributed by atoms with Crippen LogP contribution >= 0.6 is 0 Å². The van der Waals surface area contributed by atoms with Gasteiger partial charge in [-0.15, -0.1) is 0 Å². The molecule has 0 N–H and O–H groups in total. The average molecular weight is 960 g/mol. The molecule has 0 saturated carbocycles. The maximum absolute atomic E-state index is 16.9. The van der Waals surface area contributed by atoms with E-state index in [-0.39, 0.29) is 33.9 Å². The minimum absolute atomic E-state index is 0.134. The SMILES string of the molecule is N#Cc1ccc(-c2ccc3c(c2)c2ccccc2n3-c2cc(-c3nc(-c4ccccc4)nc(-c4ccccc4)n3)cc(-n3c4ccccc4c4cc(-c5ccc(C#N)cc5C#N)ccc43)c2C(F)(F)F)c(C#N)c1. The molecular weight excluding hydrogens is 928 g/mol. The van der Waals surface area contributed by atoms with Crippen LogP contribution in [0.15, 0.2) is 194 Å². The average Bonchev–Trinajstić information content (AvgIpc) is 3.97. The number of nitrogens with zero attached hydrogens (tertiary/aromatic N) is 9. The zero-order chi connectivity index (χ0) is 50.7. The number of nitriles is 4. The number of hydrogen-bond donors (Lipinski definition) is 0. The van der Waals surface area contributed by atoms with Crippen LogP contribution in [-0.2, 0) is 6.18 Å². The Morgan fingerprint density at radius 3 is 1.15 bits per heavy atom. The second-order valence-corrected chi connectivity index (χ2v) is 17.6. The fourth-order valence-corrected chi connectivity index (χ4v) is 10.0. The third kappa shape index (κ3) is 7.43. The summed E-state index contributed by atoms with van der Waals surface area (Å²) in [6, 6.07) is 65.3. The molecule has 12 rings (SSSR count). The summed E-state index contributed by atoms with van der Waals surface area (Å²) in [5.41, 5.74) is 5.87. The van der Waals surface area contributed by atoms with E-state index in [0.717, 1.165) is 0 Å². The highest BCUT2D eigenvalue weighted by atomic mass is 19.4. The Hall–Kier alpha value is -10.7. The van der Waals surface area contributed by atoms with Crippen molar-refractivity contribution in [2.24, 2.45) is 0 Å². The maximum atomic E-state index is 16.9. The highest BCUT2D eigenvalue weighted by molar-refractivity contribution is 6.12. The van der Waals surface area contributed by atoms with Crippen LogP contribution in [-0.4, -0.2) is 24.1 Å². The van der Waals surface area contributed by atoms with E-state index in [1.165, 1.54) is 24.3 Å². The van der Waals surface area contributed by atoms with Gasteiger partial charge < -0.3 is 9.13 Å². The van der Waals surface area contributed by atoms with Crippen LogP contribution in [0.2, 0.25) is 0 Å². The minimum Gasteiger partial charge on any atom is -0.309 e. The lowest BCUT2D eigenvalue weighted by atomic mass is 9.97. The van der Waals surface area contributed by atoms with Crippen LogP contribution in [0.5, 0.6) is 0 Å². The van der Waals surface area contributed by atoms with Gasteiger partial charge in [0.2, 0.25) is 0 Å². The Labute approximate surface area is 420 Å². The Morgan fingerprint density at radius 1 is 0.351 bits per heavy atom. The van der Waals surface area contributed by atoms with Gasteiger partial charge in [-0.05, 0) is 95.1 Å². The number of aromatic nitrogens is 5. The Balaban J connectivity index is 1.20. The summed E-state index contributed by atoms with van der Waals surface area (Å²) >= 11 is 0. The molecule has 0 spiro atoms. The van der Waals surface area contributed by atoms with E-state index in [2.05, 4.69) is 24.3 Å². The molecule has 346 valence electrons. The molecule has 0 saturated heterocycles. The van der Waals surface area contributed by atoms with E-state index in [1.54, 1.807) is 81.9 Å². The molecule has 12 heteroatoms. The number of halogens is 3. The standard InChI is InChI=1S/C62H32F3N9/c63-62(64,65)58-56(73-52-17-9-7-15-48(52)50-29-41(21-25-54(50)73)46-23-19-37(33-66)27-44(46)35-68)31-43(61-71-59(39-11-3-1-4-12-39)70-60(72-61)40-13-5-2-6-14-40)32-57(58)74-53-18-10-8-16-49(53)51-30-42(22-26-55(51)74)47-24-20-38(34-67)28-45(47)36-69/h1-32H. The summed E-state index contributed by atoms with van der Waals surface area (Å²) in [4.78, 5) is 14.9. The molecule has 0 atom stereocenters. The predicted octanol–water partition coefficient (Wildman–Crippen LogP) is 14.9. The van der Waals surface area contributed by atoms with Crippen molar-refractivity contribution < 1.29 is 13.2 Å². The number of para-hydroxylation sites is 2. The van der Waals surface area contributed by atoms with E-state index < -0.39 is 11.7 Å². The minimum atomic E-state index is -4.98. The predicted molar refractivity (Wildman–Crippen MR) is 280 cm³/mol. The van der Waals surface area contributed by atoms with Crippen LogP contribution in [0.4, 0.5) is 13.2 Å². The van der Waals surface area contributed by atoms with Crippen LogP contribution in [0, 0.1) is 45.3 Å². The van der Waals surface area contributed by atoms with Gasteiger partial charge in [-0.3, -0.25) is 0 Å². The van der Waals surface area contributed by atoms with Crippen molar-refractivity contribution in [3.63, 3.8) is 0 Å². The molecular formula is C62H32F3N9. The number of fused-ring (bicyclic) bond motifs is 6. The monoisotopic (exact) mass is 959 g/mol. The summed E-state index contributed by atoms with van der Waals surface area (Å²) in [5, 5.41) is 42.1. The van der Waals surface area contributed by atoms with Crippen molar-refractivity contribution in [1.82, 2.24) is 24.1 Å². The molecule has 0 amide bonds. The van der Waals surface area contributed by atoms with Gasteiger partial charge in [0.1, 0.15) is 5.56 Å². The Kier molecular flexibility index (Phi) is 10.6. The summed E-state index contributed by atoms with van der Waals surface area (Å²) in [6.45, 7) is 0. The van der Waals surface area contributed by atoms with Crippen molar-refractivity contribution in [2.75, 3.05) is 0 Å². The van der Waals surface area contributed by atoms with Gasteiger partial charge in [-0.25, -0.2) is 15.0 Å². The molecule has 9 nitrogen and oxygen atoms in total. The highest BCUT2D eigenvalue weighted by Gasteiger charge is 2.40. The van der Waals surface area contributed by atoms with Gasteiger partial charge in [0.05, 0.1) is 80.0 Å². The summed E-state index contributed by atoms with van der Waals surface area (Å²) < 4.78 is 53.9. The molecule has 0 fully saturated rings. The molecule has 0 aliphatic heterocycles. The fourth-order valence-electron chi connectivity index (χ4n) is 10.0. The van der Waals surface area contributed by atoms with Crippen molar-refractivity contribution in [3.8, 4) is 92.1 Å². The second kappa shape index (κ2) is 17.6. The van der Waals surface area contributed by atoms with Crippen molar-refractivity contribution in [3.05, 3.63) is 222 Å². The van der Waals surface area contributed by atoms with Gasteiger partial charge in [-0.1, -0.05) is 121 Å². The largest absolute Gasteiger partial charge is 0.420 e. The number of hydrogen-bond acceptors (Lipinski definition) is 7. The van der Waals surface area contributed by atoms with E-state index in [4.69, 9.17) is 15.0 Å². The van der Waals surface area contributed by atoms with Crippen LogP contribution in [0.1, 0.15) is 27.8 Å². The van der Waals surface area contributed by atoms with E-state index >= 15 is 13.2 Å². The molecule has 12 aromatic rings. The molecule has 9 aromatic carbocycles. The van der Waals surface area contributed by atoms with Crippen LogP contribution in [0.3, 0.4) is 0 Å². The number of rotatable bonds is 7. The summed E-state index contributed by atoms with van der Waals surface area (Å²) in [5.74, 6) is 0.783. The molecule has 0 unspecified atom stereocenters. The number of benzene rings is 9. The van der Waals surface area contributed by atoms with Gasteiger partial charge in [0, 0.05) is 38.2 Å². The summed E-state index contributed by atoms with van der Waals surface area (Å²) in [6.07, 6.45) is -4.98. The normalized spacial score (nSPS) is 11.4. The smallest absolute Gasteiger partial charge is 0.309 e. The fraction of sp³-hybridized carbons (Fsp3) is 0.0161. The zero-order valence-corrected chi connectivity index (χ0v) is 38.6. The number of alkyl halides is 3. The first-order valence-corrected chi connectivity index (χ1v) is 23.2. The van der Waals surface area contributed by atoms with E-state index in [1.807, 2.05) is 97.1 Å². The highest BCUT2D eigenvalue weighted by Crippen LogP contribution is 2.47. The Bertz CT molecular complexity index is 4200. The van der Waals surface area contributed by atoms with E-state index in [9.17, 15) is 21.0 Å². The quantitative estimate of drug-likeness (QED) is 0.155. The topological polar surface area (TPSA) is 144 Å². The third-order valence-electron chi connectivity index (χ3n) is 13.3. The maximum Gasteiger partial charge on any atom is 0.420 e. The molecule has 74 heavy (non-hydrogen) atoms. The lowest BCUT2D eigenvalue weighted by Crippen LogP contribution is -2.16. The second-order valence-electron chi connectivity index (χ2n) is 17.6. The molecule has 0 radical (unpaired) electrons. The zero-order valence-electron chi connectivity index (χ0n) is 38.6. The van der Waals surface area contributed by atoms with Crippen molar-refractivity contribution in [1.29, 1.82) is 21.0 Å². The van der Waals surface area contributed by atoms with Crippen LogP contribution in [0.25, 0.3) is 111 Å². The third-order valence-corrected chi connectivity index (χ3v) is 13.3. The van der Waals surface area contributed by atoms with Crippen molar-refractivity contribution in [2.45, 2.75) is 6.18 Å². The van der Waals surface area contributed by atoms with Gasteiger partial charge >= 0.3 is 6.18 Å².